The smallest absolute Gasteiger partial charge is 0.130 e. The number of halogens is 3. The topological polar surface area (TPSA) is 3.24 Å². The highest BCUT2D eigenvalue weighted by Gasteiger charge is 2.23. The van der Waals surface area contributed by atoms with E-state index >= 15 is 0 Å². The van der Waals surface area contributed by atoms with E-state index in [9.17, 15) is 8.78 Å². The Morgan fingerprint density at radius 2 is 1.75 bits per heavy atom. The van der Waals surface area contributed by atoms with Crippen LogP contribution in [0.5, 0.6) is 0 Å². The van der Waals surface area contributed by atoms with Gasteiger partial charge in [-0.15, -0.1) is 0 Å². The van der Waals surface area contributed by atoms with Gasteiger partial charge >= 0.3 is 0 Å². The second-order valence-electron chi connectivity index (χ2n) is 4.50. The highest BCUT2D eigenvalue weighted by molar-refractivity contribution is 9.09. The fraction of sp³-hybridized carbons (Fsp3) is 0.500. The van der Waals surface area contributed by atoms with Gasteiger partial charge in [0.05, 0.1) is 0 Å². The zero-order valence-corrected chi connectivity index (χ0v) is 11.3. The van der Waals surface area contributed by atoms with Gasteiger partial charge in [0.25, 0.3) is 0 Å². The largest absolute Gasteiger partial charge is 0.296 e. The lowest BCUT2D eigenvalue weighted by atomic mass is 10.1. The summed E-state index contributed by atoms with van der Waals surface area (Å²) in [4.78, 5) is 1.92. The molecular formula is C12H16BrF2N. The molecule has 0 aromatic heterocycles. The predicted octanol–water partition coefficient (Wildman–Crippen LogP) is 3.57. The third kappa shape index (κ3) is 3.01. The Kier molecular flexibility index (Phi) is 4.44. The molecule has 0 aliphatic heterocycles. The number of benzene rings is 1. The first-order chi connectivity index (χ1) is 7.38. The van der Waals surface area contributed by atoms with Crippen molar-refractivity contribution < 1.29 is 8.78 Å². The lowest BCUT2D eigenvalue weighted by Crippen LogP contribution is -2.42. The summed E-state index contributed by atoms with van der Waals surface area (Å²) in [7, 11) is 1.85. The van der Waals surface area contributed by atoms with Crippen LogP contribution in [0.4, 0.5) is 8.78 Å². The van der Waals surface area contributed by atoms with Gasteiger partial charge in [0.15, 0.2) is 0 Å². The molecule has 1 rings (SSSR count). The molecule has 0 saturated heterocycles. The van der Waals surface area contributed by atoms with Gasteiger partial charge in [-0.2, -0.15) is 0 Å². The molecule has 0 saturated carbocycles. The fourth-order valence-corrected chi connectivity index (χ4v) is 1.66. The molecule has 0 amide bonds. The maximum atomic E-state index is 13.4. The lowest BCUT2D eigenvalue weighted by molar-refractivity contribution is 0.169. The molecule has 4 heteroatoms. The predicted molar refractivity (Wildman–Crippen MR) is 65.7 cm³/mol. The highest BCUT2D eigenvalue weighted by atomic mass is 79.9. The molecule has 1 aromatic rings. The van der Waals surface area contributed by atoms with E-state index in [1.807, 2.05) is 25.8 Å². The van der Waals surface area contributed by atoms with E-state index in [0.717, 1.165) is 5.33 Å². The van der Waals surface area contributed by atoms with Crippen molar-refractivity contribution in [3.8, 4) is 0 Å². The molecular weight excluding hydrogens is 276 g/mol. The molecule has 0 radical (unpaired) electrons. The number of hydrogen-bond acceptors (Lipinski definition) is 1. The average molecular weight is 292 g/mol. The Morgan fingerprint density at radius 1 is 1.25 bits per heavy atom. The molecule has 1 nitrogen and oxygen atoms in total. The molecule has 0 unspecified atom stereocenters. The molecule has 0 N–H and O–H groups in total. The molecule has 16 heavy (non-hydrogen) atoms. The molecule has 0 atom stereocenters. The summed E-state index contributed by atoms with van der Waals surface area (Å²) >= 11 is 3.39. The van der Waals surface area contributed by atoms with Crippen LogP contribution in [-0.2, 0) is 6.54 Å². The first-order valence-electron chi connectivity index (χ1n) is 5.08. The normalized spacial score (nSPS) is 12.2. The Labute approximate surface area is 104 Å². The minimum absolute atomic E-state index is 0.124. The zero-order chi connectivity index (χ0) is 12.3. The van der Waals surface area contributed by atoms with Gasteiger partial charge in [0.2, 0.25) is 0 Å². The summed E-state index contributed by atoms with van der Waals surface area (Å²) < 4.78 is 26.8. The van der Waals surface area contributed by atoms with Crippen molar-refractivity contribution >= 4 is 15.9 Å². The monoisotopic (exact) mass is 291 g/mol. The maximum Gasteiger partial charge on any atom is 0.130 e. The van der Waals surface area contributed by atoms with E-state index in [2.05, 4.69) is 15.9 Å². The van der Waals surface area contributed by atoms with Crippen LogP contribution < -0.4 is 0 Å². The lowest BCUT2D eigenvalue weighted by Gasteiger charge is -2.34. The van der Waals surface area contributed by atoms with Crippen LogP contribution >= 0.6 is 15.9 Å². The van der Waals surface area contributed by atoms with Gasteiger partial charge in [0.1, 0.15) is 11.6 Å². The minimum atomic E-state index is -0.489. The maximum absolute atomic E-state index is 13.4. The van der Waals surface area contributed by atoms with Crippen LogP contribution in [0.3, 0.4) is 0 Å². The van der Waals surface area contributed by atoms with Gasteiger partial charge in [-0.1, -0.05) is 22.0 Å². The number of nitrogens with zero attached hydrogens (tertiary/aromatic N) is 1. The van der Waals surface area contributed by atoms with Crippen molar-refractivity contribution in [1.29, 1.82) is 0 Å². The van der Waals surface area contributed by atoms with Crippen LogP contribution in [0.2, 0.25) is 0 Å². The summed E-state index contributed by atoms with van der Waals surface area (Å²) in [6.07, 6.45) is 0. The minimum Gasteiger partial charge on any atom is -0.296 e. The van der Waals surface area contributed by atoms with Crippen LogP contribution in [-0.4, -0.2) is 22.8 Å². The standard InChI is InChI=1S/C12H16BrF2N/c1-12(2,8-13)16(3)7-9-10(14)5-4-6-11(9)15/h4-6H,7-8H2,1-3H3. The molecule has 0 fully saturated rings. The van der Waals surface area contributed by atoms with E-state index in [-0.39, 0.29) is 17.6 Å². The van der Waals surface area contributed by atoms with Crippen molar-refractivity contribution in [3.05, 3.63) is 35.4 Å². The van der Waals surface area contributed by atoms with E-state index in [4.69, 9.17) is 0 Å². The quantitative estimate of drug-likeness (QED) is 0.767. The Bertz CT molecular complexity index is 346. The molecule has 0 spiro atoms. The Hall–Kier alpha value is -0.480. The van der Waals surface area contributed by atoms with E-state index in [1.54, 1.807) is 0 Å². The third-order valence-electron chi connectivity index (χ3n) is 2.82. The number of alkyl halides is 1. The van der Waals surface area contributed by atoms with Gasteiger partial charge in [-0.05, 0) is 33.0 Å². The van der Waals surface area contributed by atoms with Crippen molar-refractivity contribution in [2.45, 2.75) is 25.9 Å². The van der Waals surface area contributed by atoms with Crippen molar-refractivity contribution in [2.24, 2.45) is 0 Å². The zero-order valence-electron chi connectivity index (χ0n) is 9.73. The molecule has 0 aliphatic rings. The summed E-state index contributed by atoms with van der Waals surface area (Å²) in [6.45, 7) is 4.29. The second-order valence-corrected chi connectivity index (χ2v) is 5.06. The SMILES string of the molecule is CN(Cc1c(F)cccc1F)C(C)(C)CBr. The molecule has 1 aromatic carbocycles. The Balaban J connectivity index is 2.89. The second kappa shape index (κ2) is 5.23. The van der Waals surface area contributed by atoms with Crippen molar-refractivity contribution in [1.82, 2.24) is 4.90 Å². The van der Waals surface area contributed by atoms with Crippen molar-refractivity contribution in [2.75, 3.05) is 12.4 Å². The molecule has 0 aliphatic carbocycles. The average Bonchev–Trinajstić information content (AvgIpc) is 2.23. The fourth-order valence-electron chi connectivity index (χ4n) is 1.24. The summed E-state index contributed by atoms with van der Waals surface area (Å²) in [5.41, 5.74) is -0.0200. The van der Waals surface area contributed by atoms with Gasteiger partial charge in [0, 0.05) is 23.0 Å². The summed E-state index contributed by atoms with van der Waals surface area (Å²) in [5.74, 6) is -0.977. The van der Waals surface area contributed by atoms with Gasteiger partial charge < -0.3 is 0 Å². The van der Waals surface area contributed by atoms with Crippen LogP contribution in [0.25, 0.3) is 0 Å². The molecule has 0 bridgehead atoms. The molecule has 0 heterocycles. The van der Waals surface area contributed by atoms with Crippen LogP contribution in [0, 0.1) is 11.6 Å². The van der Waals surface area contributed by atoms with E-state index in [1.165, 1.54) is 18.2 Å². The van der Waals surface area contributed by atoms with Gasteiger partial charge in [-0.3, -0.25) is 4.90 Å². The molecule has 90 valence electrons. The Morgan fingerprint density at radius 3 is 2.19 bits per heavy atom. The first-order valence-corrected chi connectivity index (χ1v) is 6.20. The van der Waals surface area contributed by atoms with E-state index in [0.29, 0.717) is 0 Å². The van der Waals surface area contributed by atoms with E-state index < -0.39 is 11.6 Å². The van der Waals surface area contributed by atoms with Gasteiger partial charge in [-0.25, -0.2) is 8.78 Å². The number of hydrogen-bond donors (Lipinski definition) is 0. The summed E-state index contributed by atoms with van der Waals surface area (Å²) in [5, 5.41) is 0.743. The van der Waals surface area contributed by atoms with Crippen LogP contribution in [0.15, 0.2) is 18.2 Å². The first kappa shape index (κ1) is 13.6. The van der Waals surface area contributed by atoms with Crippen molar-refractivity contribution in [3.63, 3.8) is 0 Å². The number of rotatable bonds is 4. The highest BCUT2D eigenvalue weighted by Crippen LogP contribution is 2.21. The van der Waals surface area contributed by atoms with Crippen LogP contribution in [0.1, 0.15) is 19.4 Å². The summed E-state index contributed by atoms with van der Waals surface area (Å²) in [6, 6.07) is 3.95. The third-order valence-corrected chi connectivity index (χ3v) is 4.19.